The van der Waals surface area contributed by atoms with E-state index in [2.05, 4.69) is 16.1 Å². The van der Waals surface area contributed by atoms with Crippen LogP contribution in [0, 0.1) is 0 Å². The Morgan fingerprint density at radius 3 is 2.50 bits per heavy atom. The van der Waals surface area contributed by atoms with Gasteiger partial charge in [-0.2, -0.15) is 13.2 Å². The SMILES string of the molecule is O=C(NCc1ccc(C(F)(F)F)cc1)C1=CC2(CCNCC2)ON1. The molecule has 0 aliphatic carbocycles. The normalized spacial score (nSPS) is 19.7. The van der Waals surface area contributed by atoms with Crippen LogP contribution < -0.4 is 16.1 Å². The Morgan fingerprint density at radius 2 is 1.88 bits per heavy atom. The van der Waals surface area contributed by atoms with E-state index in [4.69, 9.17) is 4.84 Å². The predicted octanol–water partition coefficient (Wildman–Crippen LogP) is 1.86. The maximum absolute atomic E-state index is 12.5. The summed E-state index contributed by atoms with van der Waals surface area (Å²) in [5, 5.41) is 5.90. The molecule has 1 spiro atoms. The summed E-state index contributed by atoms with van der Waals surface area (Å²) in [4.78, 5) is 17.7. The first-order chi connectivity index (χ1) is 11.4. The fraction of sp³-hybridized carbons (Fsp3) is 0.438. The Kier molecular flexibility index (Phi) is 4.51. The van der Waals surface area contributed by atoms with Crippen LogP contribution in [0.2, 0.25) is 0 Å². The van der Waals surface area contributed by atoms with E-state index < -0.39 is 17.3 Å². The minimum Gasteiger partial charge on any atom is -0.347 e. The van der Waals surface area contributed by atoms with Crippen LogP contribution in [0.1, 0.15) is 24.0 Å². The number of halogens is 3. The highest BCUT2D eigenvalue weighted by atomic mass is 19.4. The molecule has 2 aliphatic rings. The van der Waals surface area contributed by atoms with Gasteiger partial charge >= 0.3 is 6.18 Å². The van der Waals surface area contributed by atoms with Crippen LogP contribution in [0.5, 0.6) is 0 Å². The summed E-state index contributed by atoms with van der Waals surface area (Å²) < 4.78 is 37.5. The van der Waals surface area contributed by atoms with Gasteiger partial charge in [-0.15, -0.1) is 0 Å². The molecule has 0 bridgehead atoms. The second-order valence-corrected chi connectivity index (χ2v) is 5.95. The van der Waals surface area contributed by atoms with Crippen molar-refractivity contribution in [2.45, 2.75) is 31.2 Å². The highest BCUT2D eigenvalue weighted by molar-refractivity contribution is 5.93. The van der Waals surface area contributed by atoms with Crippen LogP contribution in [-0.2, 0) is 22.4 Å². The van der Waals surface area contributed by atoms with Crippen LogP contribution in [0.3, 0.4) is 0 Å². The number of hydroxylamine groups is 1. The summed E-state index contributed by atoms with van der Waals surface area (Å²) >= 11 is 0. The topological polar surface area (TPSA) is 62.4 Å². The van der Waals surface area contributed by atoms with Gasteiger partial charge in [-0.1, -0.05) is 12.1 Å². The second kappa shape index (κ2) is 6.45. The fourth-order valence-electron chi connectivity index (χ4n) is 2.78. The maximum atomic E-state index is 12.5. The summed E-state index contributed by atoms with van der Waals surface area (Å²) in [6, 6.07) is 4.71. The van der Waals surface area contributed by atoms with Crippen LogP contribution in [-0.4, -0.2) is 24.6 Å². The minimum absolute atomic E-state index is 0.143. The number of piperidine rings is 1. The van der Waals surface area contributed by atoms with Gasteiger partial charge in [-0.25, -0.2) is 0 Å². The lowest BCUT2D eigenvalue weighted by atomic mass is 9.92. The maximum Gasteiger partial charge on any atom is 0.416 e. The molecule has 2 aliphatic heterocycles. The Hall–Kier alpha value is -2.06. The van der Waals surface area contributed by atoms with E-state index in [0.29, 0.717) is 11.3 Å². The van der Waals surface area contributed by atoms with Gasteiger partial charge < -0.3 is 10.6 Å². The Labute approximate surface area is 137 Å². The highest BCUT2D eigenvalue weighted by Crippen LogP contribution is 2.30. The second-order valence-electron chi connectivity index (χ2n) is 5.95. The van der Waals surface area contributed by atoms with Gasteiger partial charge in [-0.3, -0.25) is 15.1 Å². The van der Waals surface area contributed by atoms with Gasteiger partial charge in [-0.05, 0) is 49.7 Å². The first-order valence-electron chi connectivity index (χ1n) is 7.70. The zero-order valence-electron chi connectivity index (χ0n) is 12.9. The van der Waals surface area contributed by atoms with Crippen molar-refractivity contribution in [1.29, 1.82) is 0 Å². The average molecular weight is 341 g/mol. The number of carbonyl (C=O) groups is 1. The molecule has 2 heterocycles. The first-order valence-corrected chi connectivity index (χ1v) is 7.70. The number of hydrogen-bond acceptors (Lipinski definition) is 4. The molecule has 1 aromatic carbocycles. The lowest BCUT2D eigenvalue weighted by molar-refractivity contribution is -0.137. The Morgan fingerprint density at radius 1 is 1.21 bits per heavy atom. The number of benzene rings is 1. The van der Waals surface area contributed by atoms with Crippen molar-refractivity contribution in [3.63, 3.8) is 0 Å². The van der Waals surface area contributed by atoms with Gasteiger partial charge in [0.25, 0.3) is 5.91 Å². The van der Waals surface area contributed by atoms with E-state index in [1.807, 2.05) is 0 Å². The van der Waals surface area contributed by atoms with Crippen molar-refractivity contribution >= 4 is 5.91 Å². The molecule has 5 nitrogen and oxygen atoms in total. The van der Waals surface area contributed by atoms with Crippen molar-refractivity contribution < 1.29 is 22.8 Å². The largest absolute Gasteiger partial charge is 0.416 e. The lowest BCUT2D eigenvalue weighted by Crippen LogP contribution is -2.42. The highest BCUT2D eigenvalue weighted by Gasteiger charge is 2.38. The molecule has 3 N–H and O–H groups in total. The Balaban J connectivity index is 1.57. The minimum atomic E-state index is -4.36. The first kappa shape index (κ1) is 16.8. The quantitative estimate of drug-likeness (QED) is 0.785. The molecule has 1 amide bonds. The third-order valence-corrected chi connectivity index (χ3v) is 4.20. The smallest absolute Gasteiger partial charge is 0.347 e. The molecule has 1 fully saturated rings. The summed E-state index contributed by atoms with van der Waals surface area (Å²) in [6.45, 7) is 1.78. The molecular weight excluding hydrogens is 323 g/mol. The number of nitrogens with one attached hydrogen (secondary N) is 3. The van der Waals surface area contributed by atoms with Crippen molar-refractivity contribution in [2.24, 2.45) is 0 Å². The van der Waals surface area contributed by atoms with E-state index in [1.165, 1.54) is 12.1 Å². The van der Waals surface area contributed by atoms with E-state index in [-0.39, 0.29) is 12.5 Å². The van der Waals surface area contributed by atoms with E-state index >= 15 is 0 Å². The molecule has 0 radical (unpaired) electrons. The molecule has 0 aromatic heterocycles. The average Bonchev–Trinajstić information content (AvgIpc) is 2.96. The van der Waals surface area contributed by atoms with Crippen molar-refractivity contribution in [2.75, 3.05) is 13.1 Å². The van der Waals surface area contributed by atoms with Crippen LogP contribution >= 0.6 is 0 Å². The van der Waals surface area contributed by atoms with E-state index in [1.54, 1.807) is 6.08 Å². The molecule has 130 valence electrons. The summed E-state index contributed by atoms with van der Waals surface area (Å²) in [5.41, 5.74) is 2.42. The summed E-state index contributed by atoms with van der Waals surface area (Å²) in [7, 11) is 0. The van der Waals surface area contributed by atoms with Gasteiger partial charge in [0.05, 0.1) is 5.56 Å². The van der Waals surface area contributed by atoms with Crippen LogP contribution in [0.15, 0.2) is 36.0 Å². The molecule has 24 heavy (non-hydrogen) atoms. The van der Waals surface area contributed by atoms with Gasteiger partial charge in [0.2, 0.25) is 0 Å². The number of alkyl halides is 3. The van der Waals surface area contributed by atoms with Crippen LogP contribution in [0.25, 0.3) is 0 Å². The molecule has 8 heteroatoms. The van der Waals surface area contributed by atoms with Gasteiger partial charge in [0, 0.05) is 6.54 Å². The third kappa shape index (κ3) is 3.70. The van der Waals surface area contributed by atoms with Crippen molar-refractivity contribution in [3.05, 3.63) is 47.2 Å². The molecule has 3 rings (SSSR count). The third-order valence-electron chi connectivity index (χ3n) is 4.20. The molecular formula is C16H18F3N3O2. The lowest BCUT2D eigenvalue weighted by Gasteiger charge is -2.29. The fourth-order valence-corrected chi connectivity index (χ4v) is 2.78. The standard InChI is InChI=1S/C16H18F3N3O2/c17-16(18,19)12-3-1-11(2-4-12)10-21-14(23)13-9-15(24-22-13)5-7-20-8-6-15/h1-4,9,20,22H,5-8,10H2,(H,21,23). The van der Waals surface area contributed by atoms with Gasteiger partial charge in [0.15, 0.2) is 0 Å². The van der Waals surface area contributed by atoms with Crippen molar-refractivity contribution in [1.82, 2.24) is 16.1 Å². The molecule has 0 unspecified atom stereocenters. The van der Waals surface area contributed by atoms with Crippen molar-refractivity contribution in [3.8, 4) is 0 Å². The summed E-state index contributed by atoms with van der Waals surface area (Å²) in [5.74, 6) is -0.342. The number of amides is 1. The number of hydrogen-bond donors (Lipinski definition) is 3. The zero-order chi connectivity index (χ0) is 17.2. The predicted molar refractivity (Wildman–Crippen MR) is 80.4 cm³/mol. The number of carbonyl (C=O) groups excluding carboxylic acids is 1. The molecule has 1 saturated heterocycles. The summed E-state index contributed by atoms with van der Waals surface area (Å²) in [6.07, 6.45) is -1.03. The van der Waals surface area contributed by atoms with Crippen LogP contribution in [0.4, 0.5) is 13.2 Å². The number of rotatable bonds is 3. The van der Waals surface area contributed by atoms with E-state index in [9.17, 15) is 18.0 Å². The molecule has 0 saturated carbocycles. The monoisotopic (exact) mass is 341 g/mol. The zero-order valence-corrected chi connectivity index (χ0v) is 12.9. The van der Waals surface area contributed by atoms with E-state index in [0.717, 1.165) is 38.1 Å². The molecule has 1 aromatic rings. The molecule has 0 atom stereocenters. The van der Waals surface area contributed by atoms with Gasteiger partial charge in [0.1, 0.15) is 11.3 Å². The Bertz CT molecular complexity index is 635.